The summed E-state index contributed by atoms with van der Waals surface area (Å²) in [6, 6.07) is 6.04. The van der Waals surface area contributed by atoms with Gasteiger partial charge >= 0.3 is 0 Å². The average Bonchev–Trinajstić information content (AvgIpc) is 3.27. The molecule has 0 bridgehead atoms. The van der Waals surface area contributed by atoms with Crippen molar-refractivity contribution in [1.29, 1.82) is 0 Å². The maximum absolute atomic E-state index is 12.9. The quantitative estimate of drug-likeness (QED) is 0.754. The van der Waals surface area contributed by atoms with E-state index in [1.165, 1.54) is 23.9 Å². The summed E-state index contributed by atoms with van der Waals surface area (Å²) < 4.78 is 20.2. The Hall–Kier alpha value is -2.00. The molecule has 1 aromatic heterocycles. The maximum atomic E-state index is 12.9. The molecule has 9 heteroatoms. The van der Waals surface area contributed by atoms with Gasteiger partial charge in [-0.05, 0) is 47.9 Å². The number of hydrogen-bond donors (Lipinski definition) is 1. The molecule has 1 amide bonds. The van der Waals surface area contributed by atoms with Crippen LogP contribution in [0.5, 0.6) is 0 Å². The van der Waals surface area contributed by atoms with Crippen molar-refractivity contribution < 1.29 is 13.9 Å². The van der Waals surface area contributed by atoms with Gasteiger partial charge in [0.15, 0.2) is 0 Å². The van der Waals surface area contributed by atoms with Gasteiger partial charge in [0.25, 0.3) is 0 Å². The minimum Gasteiger partial charge on any atom is -0.376 e. The third-order valence-corrected chi connectivity index (χ3v) is 5.00. The topological polar surface area (TPSA) is 81.9 Å². The third-order valence-electron chi connectivity index (χ3n) is 3.93. The Morgan fingerprint density at radius 1 is 1.48 bits per heavy atom. The molecule has 1 aromatic carbocycles. The van der Waals surface area contributed by atoms with E-state index in [4.69, 9.17) is 4.74 Å². The van der Waals surface area contributed by atoms with Crippen LogP contribution in [0.4, 0.5) is 4.39 Å². The van der Waals surface area contributed by atoms with Gasteiger partial charge in [-0.2, -0.15) is 0 Å². The molecule has 0 radical (unpaired) electrons. The number of benzene rings is 1. The van der Waals surface area contributed by atoms with E-state index in [9.17, 15) is 9.18 Å². The second kappa shape index (κ2) is 8.39. The number of thioether (sulfide) groups is 1. The van der Waals surface area contributed by atoms with Crippen molar-refractivity contribution in [3.63, 3.8) is 0 Å². The molecular weight excluding hydrogens is 345 g/mol. The van der Waals surface area contributed by atoms with Gasteiger partial charge in [0, 0.05) is 13.2 Å². The number of carbonyl (C=O) groups is 1. The summed E-state index contributed by atoms with van der Waals surface area (Å²) in [4.78, 5) is 12.3. The Balaban J connectivity index is 1.51. The van der Waals surface area contributed by atoms with Crippen LogP contribution in [0.15, 0.2) is 29.4 Å². The Kier molecular flexibility index (Phi) is 5.98. The van der Waals surface area contributed by atoms with Crippen LogP contribution in [-0.2, 0) is 22.6 Å². The van der Waals surface area contributed by atoms with Crippen molar-refractivity contribution in [2.24, 2.45) is 0 Å². The fourth-order valence-electron chi connectivity index (χ4n) is 2.52. The summed E-state index contributed by atoms with van der Waals surface area (Å²) in [5.74, 6) is -0.418. The highest BCUT2D eigenvalue weighted by Crippen LogP contribution is 2.22. The van der Waals surface area contributed by atoms with Crippen LogP contribution < -0.4 is 5.32 Å². The zero-order valence-corrected chi connectivity index (χ0v) is 14.7. The molecular formula is C16H20FN5O2S. The fraction of sp³-hybridized carbons (Fsp3) is 0.500. The summed E-state index contributed by atoms with van der Waals surface area (Å²) in [7, 11) is 0. The van der Waals surface area contributed by atoms with Crippen molar-refractivity contribution in [3.8, 4) is 0 Å². The van der Waals surface area contributed by atoms with E-state index in [2.05, 4.69) is 20.8 Å². The SMILES string of the molecule is CC(Sc1nnnn1CC1CCCO1)C(=O)NCc1ccc(F)cc1. The van der Waals surface area contributed by atoms with E-state index in [1.54, 1.807) is 23.7 Å². The van der Waals surface area contributed by atoms with Gasteiger partial charge in [-0.25, -0.2) is 9.07 Å². The normalized spacial score (nSPS) is 18.2. The van der Waals surface area contributed by atoms with Crippen molar-refractivity contribution in [2.75, 3.05) is 6.61 Å². The van der Waals surface area contributed by atoms with Gasteiger partial charge in [0.1, 0.15) is 5.82 Å². The Morgan fingerprint density at radius 2 is 2.28 bits per heavy atom. The Morgan fingerprint density at radius 3 is 3.00 bits per heavy atom. The average molecular weight is 365 g/mol. The van der Waals surface area contributed by atoms with Gasteiger partial charge in [0.05, 0.1) is 17.9 Å². The van der Waals surface area contributed by atoms with Crippen molar-refractivity contribution >= 4 is 17.7 Å². The molecule has 2 aromatic rings. The van der Waals surface area contributed by atoms with Crippen molar-refractivity contribution in [2.45, 2.75) is 49.4 Å². The molecule has 0 aliphatic carbocycles. The predicted molar refractivity (Wildman–Crippen MR) is 90.4 cm³/mol. The Labute approximate surface area is 149 Å². The van der Waals surface area contributed by atoms with Crippen molar-refractivity contribution in [1.82, 2.24) is 25.5 Å². The second-order valence-corrected chi connectivity index (χ2v) is 7.19. The third kappa shape index (κ3) is 4.99. The number of rotatable bonds is 7. The molecule has 1 saturated heterocycles. The molecule has 1 fully saturated rings. The first-order valence-corrected chi connectivity index (χ1v) is 9.06. The first kappa shape index (κ1) is 17.8. The van der Waals surface area contributed by atoms with Gasteiger partial charge < -0.3 is 10.1 Å². The number of ether oxygens (including phenoxy) is 1. The molecule has 2 unspecified atom stereocenters. The van der Waals surface area contributed by atoms with Gasteiger partial charge in [-0.15, -0.1) is 5.10 Å². The minimum atomic E-state index is -0.352. The van der Waals surface area contributed by atoms with Crippen LogP contribution >= 0.6 is 11.8 Å². The van der Waals surface area contributed by atoms with E-state index < -0.39 is 0 Å². The second-order valence-electron chi connectivity index (χ2n) is 5.88. The lowest BCUT2D eigenvalue weighted by atomic mass is 10.2. The minimum absolute atomic E-state index is 0.124. The molecule has 3 rings (SSSR count). The number of hydrogen-bond acceptors (Lipinski definition) is 6. The molecule has 0 spiro atoms. The van der Waals surface area contributed by atoms with E-state index >= 15 is 0 Å². The summed E-state index contributed by atoms with van der Waals surface area (Å²) in [5, 5.41) is 14.8. The van der Waals surface area contributed by atoms with Crippen LogP contribution in [-0.4, -0.2) is 44.1 Å². The summed E-state index contributed by atoms with van der Waals surface area (Å²) >= 11 is 1.31. The number of halogens is 1. The van der Waals surface area contributed by atoms with Crippen molar-refractivity contribution in [3.05, 3.63) is 35.6 Å². The van der Waals surface area contributed by atoms with Crippen LogP contribution in [0.25, 0.3) is 0 Å². The monoisotopic (exact) mass is 365 g/mol. The first-order valence-electron chi connectivity index (χ1n) is 8.18. The summed E-state index contributed by atoms with van der Waals surface area (Å²) in [6.45, 7) is 3.53. The van der Waals surface area contributed by atoms with Gasteiger partial charge in [0.2, 0.25) is 11.1 Å². The highest BCUT2D eigenvalue weighted by atomic mass is 32.2. The molecule has 2 heterocycles. The molecule has 0 saturated carbocycles. The number of nitrogens with zero attached hydrogens (tertiary/aromatic N) is 4. The lowest BCUT2D eigenvalue weighted by Gasteiger charge is -2.13. The molecule has 25 heavy (non-hydrogen) atoms. The maximum Gasteiger partial charge on any atom is 0.233 e. The fourth-order valence-corrected chi connectivity index (χ4v) is 3.35. The molecule has 134 valence electrons. The zero-order chi connectivity index (χ0) is 17.6. The van der Waals surface area contributed by atoms with Crippen LogP contribution in [0, 0.1) is 5.82 Å². The van der Waals surface area contributed by atoms with Gasteiger partial charge in [-0.1, -0.05) is 23.9 Å². The lowest BCUT2D eigenvalue weighted by molar-refractivity contribution is -0.120. The molecule has 2 atom stereocenters. The van der Waals surface area contributed by atoms with E-state index in [-0.39, 0.29) is 23.1 Å². The molecule has 1 N–H and O–H groups in total. The van der Waals surface area contributed by atoms with Crippen LogP contribution in [0.1, 0.15) is 25.3 Å². The van der Waals surface area contributed by atoms with Gasteiger partial charge in [-0.3, -0.25) is 4.79 Å². The predicted octanol–water partition coefficient (Wildman–Crippen LogP) is 1.79. The number of carbonyl (C=O) groups excluding carboxylic acids is 1. The standard InChI is InChI=1S/C16H20FN5O2S/c1-11(15(23)18-9-12-4-6-13(17)7-5-12)25-16-19-20-21-22(16)10-14-3-2-8-24-14/h4-7,11,14H,2-3,8-10H2,1H3,(H,18,23). The van der Waals surface area contributed by atoms with E-state index in [0.29, 0.717) is 18.2 Å². The summed E-state index contributed by atoms with van der Waals surface area (Å²) in [5.41, 5.74) is 0.843. The number of tetrazole rings is 1. The number of nitrogens with one attached hydrogen (secondary N) is 1. The largest absolute Gasteiger partial charge is 0.376 e. The van der Waals surface area contributed by atoms with Crippen LogP contribution in [0.2, 0.25) is 0 Å². The van der Waals surface area contributed by atoms with E-state index in [0.717, 1.165) is 25.0 Å². The molecule has 1 aliphatic rings. The molecule has 7 nitrogen and oxygen atoms in total. The van der Waals surface area contributed by atoms with E-state index in [1.807, 2.05) is 0 Å². The lowest BCUT2D eigenvalue weighted by Crippen LogP contribution is -2.30. The smallest absolute Gasteiger partial charge is 0.233 e. The zero-order valence-electron chi connectivity index (χ0n) is 13.9. The summed E-state index contributed by atoms with van der Waals surface area (Å²) in [6.07, 6.45) is 2.18. The first-order chi connectivity index (χ1) is 12.1. The molecule has 1 aliphatic heterocycles. The Bertz CT molecular complexity index is 703. The number of amides is 1. The highest BCUT2D eigenvalue weighted by Gasteiger charge is 2.22. The number of aromatic nitrogens is 4. The van der Waals surface area contributed by atoms with Crippen LogP contribution in [0.3, 0.4) is 0 Å². The highest BCUT2D eigenvalue weighted by molar-refractivity contribution is 8.00.